The van der Waals surface area contributed by atoms with Gasteiger partial charge in [0.25, 0.3) is 5.91 Å². The highest BCUT2D eigenvalue weighted by molar-refractivity contribution is 5.97. The quantitative estimate of drug-likeness (QED) is 0.198. The van der Waals surface area contributed by atoms with Crippen LogP contribution in [0.4, 0.5) is 0 Å². The highest BCUT2D eigenvalue weighted by atomic mass is 16.4. The molecule has 1 heterocycles. The highest BCUT2D eigenvalue weighted by Gasteiger charge is 2.24. The first kappa shape index (κ1) is 14.9. The minimum atomic E-state index is -0.327. The zero-order chi connectivity index (χ0) is 15.4. The van der Waals surface area contributed by atoms with Gasteiger partial charge in [0.2, 0.25) is 0 Å². The number of rotatable bonds is 3. The first-order chi connectivity index (χ1) is 10.0. The van der Waals surface area contributed by atoms with E-state index in [1.807, 2.05) is 4.90 Å². The lowest BCUT2D eigenvalue weighted by molar-refractivity contribution is 0.0650. The topological polar surface area (TPSA) is 123 Å². The molecule has 1 fully saturated rings. The van der Waals surface area contributed by atoms with E-state index >= 15 is 0 Å². The summed E-state index contributed by atoms with van der Waals surface area (Å²) in [6.07, 6.45) is 0. The number of carbonyl (C=O) groups excluding carboxylic acids is 1. The molecule has 1 aromatic rings. The molecular weight excluding hydrogens is 276 g/mol. The second-order valence-electron chi connectivity index (χ2n) is 4.86. The molecule has 0 aliphatic carbocycles. The number of nitrogens with zero attached hydrogens (tertiary/aromatic N) is 3. The van der Waals surface area contributed by atoms with Crippen molar-refractivity contribution in [1.82, 2.24) is 9.80 Å². The number of phenols is 2. The summed E-state index contributed by atoms with van der Waals surface area (Å²) in [6, 6.07) is 3.86. The fraction of sp³-hybridized carbons (Fsp3) is 0.385. The van der Waals surface area contributed by atoms with Gasteiger partial charge in [0.05, 0.1) is 12.1 Å². The number of piperazine rings is 1. The third-order valence-electron chi connectivity index (χ3n) is 3.38. The van der Waals surface area contributed by atoms with Gasteiger partial charge in [0.1, 0.15) is 11.5 Å². The van der Waals surface area contributed by atoms with Gasteiger partial charge in [-0.05, 0) is 18.2 Å². The number of phenolic OH excluding ortho intramolecular Hbond substituents is 2. The summed E-state index contributed by atoms with van der Waals surface area (Å²) in [6.45, 7) is 2.44. The number of aromatic hydroxyl groups is 2. The molecule has 5 N–H and O–H groups in total. The van der Waals surface area contributed by atoms with Gasteiger partial charge < -0.3 is 26.1 Å². The summed E-state index contributed by atoms with van der Waals surface area (Å²) in [5.41, 5.74) is 5.53. The van der Waals surface area contributed by atoms with E-state index in [2.05, 4.69) is 5.16 Å². The Bertz CT molecular complexity index is 553. The number of oxime groups is 1. The highest BCUT2D eigenvalue weighted by Crippen LogP contribution is 2.23. The molecule has 0 saturated carbocycles. The minimum Gasteiger partial charge on any atom is -0.508 e. The van der Waals surface area contributed by atoms with Crippen LogP contribution in [0.5, 0.6) is 11.5 Å². The molecule has 0 spiro atoms. The molecule has 1 saturated heterocycles. The Hall–Kier alpha value is -2.48. The smallest absolute Gasteiger partial charge is 0.257 e. The lowest BCUT2D eigenvalue weighted by atomic mass is 10.1. The average Bonchev–Trinajstić information content (AvgIpc) is 2.49. The number of amidine groups is 1. The van der Waals surface area contributed by atoms with Gasteiger partial charge in [-0.25, -0.2) is 0 Å². The molecule has 2 rings (SSSR count). The van der Waals surface area contributed by atoms with Crippen LogP contribution < -0.4 is 5.73 Å². The predicted octanol–water partition coefficient (Wildman–Crippen LogP) is -0.398. The third-order valence-corrected chi connectivity index (χ3v) is 3.38. The molecule has 1 amide bonds. The standard InChI is InChI=1S/C13H18N4O4/c14-12(15-21)8-16-3-5-17(6-4-16)13(20)10-7-9(18)1-2-11(10)19/h1-2,7,18-19,21H,3-6,8H2,(H2,14,15). The average molecular weight is 294 g/mol. The van der Waals surface area contributed by atoms with Crippen molar-refractivity contribution in [3.8, 4) is 11.5 Å². The molecule has 0 unspecified atom stereocenters. The Morgan fingerprint density at radius 3 is 2.52 bits per heavy atom. The number of hydrogen-bond donors (Lipinski definition) is 4. The van der Waals surface area contributed by atoms with Crippen LogP contribution >= 0.6 is 0 Å². The lowest BCUT2D eigenvalue weighted by Crippen LogP contribution is -2.50. The fourth-order valence-electron chi connectivity index (χ4n) is 2.24. The molecule has 0 aromatic heterocycles. The van der Waals surface area contributed by atoms with Crippen LogP contribution in [0, 0.1) is 0 Å². The van der Waals surface area contributed by atoms with Crippen molar-refractivity contribution in [2.45, 2.75) is 0 Å². The van der Waals surface area contributed by atoms with E-state index in [0.29, 0.717) is 32.7 Å². The molecule has 1 aliphatic heterocycles. The number of benzene rings is 1. The van der Waals surface area contributed by atoms with E-state index in [9.17, 15) is 15.0 Å². The van der Waals surface area contributed by atoms with Crippen LogP contribution in [0.25, 0.3) is 0 Å². The van der Waals surface area contributed by atoms with Crippen molar-refractivity contribution in [2.24, 2.45) is 10.9 Å². The van der Waals surface area contributed by atoms with Crippen molar-refractivity contribution in [1.29, 1.82) is 0 Å². The molecule has 0 radical (unpaired) electrons. The summed E-state index contributed by atoms with van der Waals surface area (Å²) in [5.74, 6) is -0.425. The number of nitrogens with two attached hydrogens (primary N) is 1. The van der Waals surface area contributed by atoms with Crippen LogP contribution in [0.3, 0.4) is 0 Å². The molecule has 114 valence electrons. The fourth-order valence-corrected chi connectivity index (χ4v) is 2.24. The molecule has 21 heavy (non-hydrogen) atoms. The van der Waals surface area contributed by atoms with Crippen LogP contribution in [0.2, 0.25) is 0 Å². The first-order valence-electron chi connectivity index (χ1n) is 6.51. The van der Waals surface area contributed by atoms with Crippen LogP contribution in [0.1, 0.15) is 10.4 Å². The lowest BCUT2D eigenvalue weighted by Gasteiger charge is -2.34. The van der Waals surface area contributed by atoms with Crippen molar-refractivity contribution < 1.29 is 20.2 Å². The first-order valence-corrected chi connectivity index (χ1v) is 6.51. The Morgan fingerprint density at radius 1 is 1.24 bits per heavy atom. The van der Waals surface area contributed by atoms with Gasteiger partial charge in [0, 0.05) is 26.2 Å². The van der Waals surface area contributed by atoms with Crippen molar-refractivity contribution in [3.63, 3.8) is 0 Å². The van der Waals surface area contributed by atoms with Gasteiger partial charge in [-0.1, -0.05) is 5.16 Å². The molecule has 1 aromatic carbocycles. The normalized spacial score (nSPS) is 17.0. The van der Waals surface area contributed by atoms with Gasteiger partial charge in [-0.2, -0.15) is 0 Å². The van der Waals surface area contributed by atoms with E-state index < -0.39 is 0 Å². The van der Waals surface area contributed by atoms with Gasteiger partial charge in [0.15, 0.2) is 5.84 Å². The van der Waals surface area contributed by atoms with Crippen LogP contribution in [-0.4, -0.2) is 69.7 Å². The summed E-state index contributed by atoms with van der Waals surface area (Å²) < 4.78 is 0. The van der Waals surface area contributed by atoms with Crippen molar-refractivity contribution >= 4 is 11.7 Å². The molecule has 8 heteroatoms. The maximum absolute atomic E-state index is 12.3. The second kappa shape index (κ2) is 6.31. The molecule has 0 atom stereocenters. The van der Waals surface area contributed by atoms with Gasteiger partial charge in [-0.3, -0.25) is 9.69 Å². The minimum absolute atomic E-state index is 0.0679. The maximum atomic E-state index is 12.3. The number of carbonyl (C=O) groups is 1. The van der Waals surface area contributed by atoms with E-state index in [1.165, 1.54) is 18.2 Å². The summed E-state index contributed by atoms with van der Waals surface area (Å²) in [5, 5.41) is 30.6. The van der Waals surface area contributed by atoms with Gasteiger partial charge >= 0.3 is 0 Å². The third kappa shape index (κ3) is 3.54. The Balaban J connectivity index is 1.99. The molecule has 1 aliphatic rings. The molecular formula is C13H18N4O4. The SMILES string of the molecule is N/C(CN1CCN(C(=O)c2cc(O)ccc2O)CC1)=N/O. The Kier molecular flexibility index (Phi) is 4.49. The Labute approximate surface area is 121 Å². The summed E-state index contributed by atoms with van der Waals surface area (Å²) in [7, 11) is 0. The maximum Gasteiger partial charge on any atom is 0.257 e. The monoisotopic (exact) mass is 294 g/mol. The number of amides is 1. The van der Waals surface area contributed by atoms with E-state index in [0.717, 1.165) is 0 Å². The van der Waals surface area contributed by atoms with E-state index in [1.54, 1.807) is 4.90 Å². The zero-order valence-corrected chi connectivity index (χ0v) is 11.4. The largest absolute Gasteiger partial charge is 0.508 e. The molecule has 8 nitrogen and oxygen atoms in total. The number of hydrogen-bond acceptors (Lipinski definition) is 6. The predicted molar refractivity (Wildman–Crippen MR) is 75.5 cm³/mol. The van der Waals surface area contributed by atoms with Crippen LogP contribution in [-0.2, 0) is 0 Å². The van der Waals surface area contributed by atoms with Crippen LogP contribution in [0.15, 0.2) is 23.4 Å². The van der Waals surface area contributed by atoms with Crippen molar-refractivity contribution in [2.75, 3.05) is 32.7 Å². The molecule has 0 bridgehead atoms. The summed E-state index contributed by atoms with van der Waals surface area (Å²) >= 11 is 0. The van der Waals surface area contributed by atoms with E-state index in [4.69, 9.17) is 10.9 Å². The Morgan fingerprint density at radius 2 is 1.90 bits per heavy atom. The second-order valence-corrected chi connectivity index (χ2v) is 4.86. The van der Waals surface area contributed by atoms with Crippen molar-refractivity contribution in [3.05, 3.63) is 23.8 Å². The zero-order valence-electron chi connectivity index (χ0n) is 11.4. The van der Waals surface area contributed by atoms with Gasteiger partial charge in [-0.15, -0.1) is 0 Å². The van der Waals surface area contributed by atoms with E-state index in [-0.39, 0.29) is 28.8 Å². The summed E-state index contributed by atoms with van der Waals surface area (Å²) in [4.78, 5) is 15.9.